The molecule has 25 heavy (non-hydrogen) atoms. The highest BCUT2D eigenvalue weighted by molar-refractivity contribution is 5.76. The van der Waals surface area contributed by atoms with Crippen LogP contribution >= 0.6 is 0 Å². The van der Waals surface area contributed by atoms with Gasteiger partial charge < -0.3 is 9.64 Å². The Morgan fingerprint density at radius 3 is 2.72 bits per heavy atom. The van der Waals surface area contributed by atoms with Crippen LogP contribution in [0.2, 0.25) is 0 Å². The average Bonchev–Trinajstić information content (AvgIpc) is 2.98. The molecular weight excluding hydrogens is 318 g/mol. The largest absolute Gasteiger partial charge is 0.371 e. The van der Waals surface area contributed by atoms with Crippen molar-refractivity contribution >= 4 is 5.91 Å². The standard InChI is InChI=1S/C18H31N5O2/c1-14-6-16(22(5)19-14)9-23-12-18(13-23)7-15(8-21(18)4)10-25-11-17(24)20(2)3/h6,15H,7-13H2,1-5H3/t15-/m0/s1. The maximum absolute atomic E-state index is 11.6. The van der Waals surface area contributed by atoms with E-state index in [-0.39, 0.29) is 18.1 Å². The molecule has 0 aliphatic carbocycles. The first-order valence-corrected chi connectivity index (χ1v) is 9.00. The molecule has 2 fully saturated rings. The Morgan fingerprint density at radius 2 is 2.12 bits per heavy atom. The molecule has 1 amide bonds. The second-order valence-electron chi connectivity index (χ2n) is 8.02. The van der Waals surface area contributed by atoms with Crippen LogP contribution in [0.15, 0.2) is 6.07 Å². The molecule has 0 radical (unpaired) electrons. The van der Waals surface area contributed by atoms with Gasteiger partial charge in [0.1, 0.15) is 6.61 Å². The van der Waals surface area contributed by atoms with Crippen molar-refractivity contribution in [3.05, 3.63) is 17.5 Å². The summed E-state index contributed by atoms with van der Waals surface area (Å²) in [4.78, 5) is 18.2. The topological polar surface area (TPSA) is 53.8 Å². The SMILES string of the molecule is Cc1cc(CN2CC3(C[C@H](COCC(=O)N(C)C)CN3C)C2)n(C)n1. The third-order valence-corrected chi connectivity index (χ3v) is 5.61. The molecule has 2 saturated heterocycles. The zero-order valence-electron chi connectivity index (χ0n) is 16.2. The number of carbonyl (C=O) groups excluding carboxylic acids is 1. The van der Waals surface area contributed by atoms with Gasteiger partial charge in [-0.3, -0.25) is 19.3 Å². The van der Waals surface area contributed by atoms with Crippen molar-refractivity contribution < 1.29 is 9.53 Å². The highest BCUT2D eigenvalue weighted by Gasteiger charge is 2.51. The molecule has 0 unspecified atom stereocenters. The van der Waals surface area contributed by atoms with E-state index in [2.05, 4.69) is 28.0 Å². The summed E-state index contributed by atoms with van der Waals surface area (Å²) in [5.41, 5.74) is 2.64. The number of hydrogen-bond donors (Lipinski definition) is 0. The molecule has 0 N–H and O–H groups in total. The highest BCUT2D eigenvalue weighted by atomic mass is 16.5. The number of amides is 1. The van der Waals surface area contributed by atoms with Crippen molar-refractivity contribution in [2.24, 2.45) is 13.0 Å². The molecule has 1 aromatic rings. The maximum Gasteiger partial charge on any atom is 0.248 e. The molecule has 1 atom stereocenters. The van der Waals surface area contributed by atoms with Crippen molar-refractivity contribution in [3.8, 4) is 0 Å². The summed E-state index contributed by atoms with van der Waals surface area (Å²) >= 11 is 0. The van der Waals surface area contributed by atoms with Gasteiger partial charge in [-0.25, -0.2) is 0 Å². The number of hydrogen-bond acceptors (Lipinski definition) is 5. The summed E-state index contributed by atoms with van der Waals surface area (Å²) in [6.45, 7) is 7.11. The number of nitrogens with zero attached hydrogens (tertiary/aromatic N) is 5. The molecule has 2 aliphatic rings. The van der Waals surface area contributed by atoms with Gasteiger partial charge >= 0.3 is 0 Å². The van der Waals surface area contributed by atoms with E-state index in [4.69, 9.17) is 4.74 Å². The van der Waals surface area contributed by atoms with E-state index in [1.807, 2.05) is 18.7 Å². The fourth-order valence-corrected chi connectivity index (χ4v) is 4.20. The third kappa shape index (κ3) is 3.88. The van der Waals surface area contributed by atoms with Crippen molar-refractivity contribution in [3.63, 3.8) is 0 Å². The predicted molar refractivity (Wildman–Crippen MR) is 96.2 cm³/mol. The number of likely N-dealkylation sites (N-methyl/N-ethyl adjacent to an activating group) is 2. The molecule has 7 nitrogen and oxygen atoms in total. The molecule has 7 heteroatoms. The maximum atomic E-state index is 11.6. The summed E-state index contributed by atoms with van der Waals surface area (Å²) in [7, 11) is 7.76. The summed E-state index contributed by atoms with van der Waals surface area (Å²) in [6, 6.07) is 2.17. The van der Waals surface area contributed by atoms with Gasteiger partial charge in [0.05, 0.1) is 18.0 Å². The van der Waals surface area contributed by atoms with Gasteiger partial charge in [0.2, 0.25) is 5.91 Å². The van der Waals surface area contributed by atoms with Gasteiger partial charge in [0.25, 0.3) is 0 Å². The number of aromatic nitrogens is 2. The van der Waals surface area contributed by atoms with E-state index in [1.165, 1.54) is 5.69 Å². The zero-order valence-corrected chi connectivity index (χ0v) is 16.2. The lowest BCUT2D eigenvalue weighted by molar-refractivity contribution is -0.134. The first kappa shape index (κ1) is 18.4. The number of rotatable bonds is 6. The molecule has 0 aromatic carbocycles. The minimum Gasteiger partial charge on any atom is -0.371 e. The first-order chi connectivity index (χ1) is 11.8. The fraction of sp³-hybridized carbons (Fsp3) is 0.778. The summed E-state index contributed by atoms with van der Waals surface area (Å²) in [5, 5.41) is 4.43. The molecule has 1 spiro atoms. The number of carbonyl (C=O) groups is 1. The van der Waals surface area contributed by atoms with Gasteiger partial charge in [0.15, 0.2) is 0 Å². The smallest absolute Gasteiger partial charge is 0.248 e. The van der Waals surface area contributed by atoms with Gasteiger partial charge in [-0.1, -0.05) is 0 Å². The molecule has 0 saturated carbocycles. The van der Waals surface area contributed by atoms with Gasteiger partial charge in [-0.15, -0.1) is 0 Å². The van der Waals surface area contributed by atoms with Crippen LogP contribution in [-0.2, 0) is 23.1 Å². The molecule has 3 rings (SSSR count). The minimum atomic E-state index is 0.0300. The molecule has 2 aliphatic heterocycles. The Balaban J connectivity index is 1.45. The van der Waals surface area contributed by atoms with Crippen LogP contribution in [0.3, 0.4) is 0 Å². The Morgan fingerprint density at radius 1 is 1.40 bits per heavy atom. The first-order valence-electron chi connectivity index (χ1n) is 9.00. The molecule has 1 aromatic heterocycles. The van der Waals surface area contributed by atoms with Crippen molar-refractivity contribution in [2.75, 3.05) is 54.0 Å². The normalized spacial score (nSPS) is 23.2. The summed E-state index contributed by atoms with van der Waals surface area (Å²) < 4.78 is 7.63. The summed E-state index contributed by atoms with van der Waals surface area (Å²) in [6.07, 6.45) is 1.15. The van der Waals surface area contributed by atoms with E-state index < -0.39 is 0 Å². The van der Waals surface area contributed by atoms with Crippen molar-refractivity contribution in [2.45, 2.75) is 25.4 Å². The molecule has 140 valence electrons. The van der Waals surface area contributed by atoms with E-state index in [1.54, 1.807) is 19.0 Å². The van der Waals surface area contributed by atoms with Gasteiger partial charge in [-0.05, 0) is 32.4 Å². The van der Waals surface area contributed by atoms with E-state index >= 15 is 0 Å². The van der Waals surface area contributed by atoms with Crippen LogP contribution in [0.1, 0.15) is 17.8 Å². The van der Waals surface area contributed by atoms with Gasteiger partial charge in [0, 0.05) is 52.9 Å². The van der Waals surface area contributed by atoms with Crippen molar-refractivity contribution in [1.82, 2.24) is 24.5 Å². The minimum absolute atomic E-state index is 0.0300. The van der Waals surface area contributed by atoms with Crippen LogP contribution < -0.4 is 0 Å². The Kier molecular flexibility index (Phi) is 5.18. The van der Waals surface area contributed by atoms with E-state index in [0.717, 1.165) is 38.3 Å². The lowest BCUT2D eigenvalue weighted by atomic mass is 9.84. The number of likely N-dealkylation sites (tertiary alicyclic amines) is 2. The lowest BCUT2D eigenvalue weighted by Gasteiger charge is -2.52. The Bertz CT molecular complexity index is 621. The predicted octanol–water partition coefficient (Wildman–Crippen LogP) is 0.339. The average molecular weight is 349 g/mol. The zero-order chi connectivity index (χ0) is 18.2. The molecule has 0 bridgehead atoms. The van der Waals surface area contributed by atoms with Crippen LogP contribution in [0.25, 0.3) is 0 Å². The molecular formula is C18H31N5O2. The second-order valence-corrected chi connectivity index (χ2v) is 8.02. The van der Waals surface area contributed by atoms with Crippen LogP contribution in [0.4, 0.5) is 0 Å². The Labute approximate surface area is 150 Å². The van der Waals surface area contributed by atoms with E-state index in [0.29, 0.717) is 12.5 Å². The number of ether oxygens (including phenoxy) is 1. The Hall–Kier alpha value is -1.44. The monoisotopic (exact) mass is 349 g/mol. The van der Waals surface area contributed by atoms with E-state index in [9.17, 15) is 4.79 Å². The third-order valence-electron chi connectivity index (χ3n) is 5.61. The van der Waals surface area contributed by atoms with Gasteiger partial charge in [-0.2, -0.15) is 5.10 Å². The lowest BCUT2D eigenvalue weighted by Crippen LogP contribution is -2.66. The number of aryl methyl sites for hydroxylation is 2. The highest BCUT2D eigenvalue weighted by Crippen LogP contribution is 2.40. The van der Waals surface area contributed by atoms with Crippen LogP contribution in [0.5, 0.6) is 0 Å². The fourth-order valence-electron chi connectivity index (χ4n) is 4.20. The molecule has 3 heterocycles. The second kappa shape index (κ2) is 7.05. The van der Waals surface area contributed by atoms with Crippen molar-refractivity contribution in [1.29, 1.82) is 0 Å². The van der Waals surface area contributed by atoms with Crippen LogP contribution in [0, 0.1) is 12.8 Å². The quantitative estimate of drug-likeness (QED) is 0.741. The summed E-state index contributed by atoms with van der Waals surface area (Å²) in [5.74, 6) is 0.545. The van der Waals surface area contributed by atoms with Crippen LogP contribution in [-0.4, -0.2) is 89.9 Å².